The van der Waals surface area contributed by atoms with Crippen LogP contribution in [0.1, 0.15) is 16.8 Å². The molecule has 0 unspecified atom stereocenters. The third-order valence-electron chi connectivity index (χ3n) is 6.06. The number of amides is 2. The van der Waals surface area contributed by atoms with Crippen molar-refractivity contribution in [3.05, 3.63) is 99.7 Å². The molecule has 7 nitrogen and oxygen atoms in total. The van der Waals surface area contributed by atoms with Crippen LogP contribution < -0.4 is 19.7 Å². The molecule has 2 amide bonds. The monoisotopic (exact) mass is 599 g/mol. The Labute approximate surface area is 249 Å². The Hall–Kier alpha value is -3.78. The molecule has 10 heteroatoms. The Morgan fingerprint density at radius 3 is 2.52 bits per heavy atom. The minimum absolute atomic E-state index is 0. The van der Waals surface area contributed by atoms with Gasteiger partial charge in [0, 0.05) is 40.4 Å². The summed E-state index contributed by atoms with van der Waals surface area (Å²) in [6, 6.07) is 20.2. The van der Waals surface area contributed by atoms with Crippen molar-refractivity contribution in [2.45, 2.75) is 13.5 Å². The zero-order chi connectivity index (χ0) is 27.9. The zero-order valence-electron chi connectivity index (χ0n) is 22.1. The number of hydrogen-bond acceptors (Lipinski definition) is 5. The molecular formula is C30H28Cl3N3O4. The molecule has 0 atom stereocenters. The fourth-order valence-electron chi connectivity index (χ4n) is 3.90. The van der Waals surface area contributed by atoms with Crippen molar-refractivity contribution in [1.82, 2.24) is 10.3 Å². The minimum atomic E-state index is -0.419. The summed E-state index contributed by atoms with van der Waals surface area (Å²) in [7, 11) is 3.14. The highest BCUT2D eigenvalue weighted by atomic mass is 35.5. The maximum absolute atomic E-state index is 12.9. The van der Waals surface area contributed by atoms with E-state index in [9.17, 15) is 9.59 Å². The number of aryl methyl sites for hydroxylation is 1. The molecule has 0 bridgehead atoms. The summed E-state index contributed by atoms with van der Waals surface area (Å²) in [6.07, 6.45) is 2.97. The number of rotatable bonds is 9. The molecule has 40 heavy (non-hydrogen) atoms. The lowest BCUT2D eigenvalue weighted by Crippen LogP contribution is -2.37. The van der Waals surface area contributed by atoms with Crippen LogP contribution in [0.15, 0.2) is 72.8 Å². The molecule has 4 rings (SSSR count). The molecule has 0 spiro atoms. The van der Waals surface area contributed by atoms with Crippen molar-refractivity contribution >= 4 is 70.1 Å². The van der Waals surface area contributed by atoms with Crippen molar-refractivity contribution in [3.8, 4) is 11.5 Å². The first kappa shape index (κ1) is 30.8. The molecule has 0 radical (unpaired) electrons. The van der Waals surface area contributed by atoms with E-state index in [2.05, 4.69) is 10.3 Å². The molecule has 1 heterocycles. The molecule has 0 fully saturated rings. The number of para-hydroxylation sites is 2. The average Bonchev–Trinajstić information content (AvgIpc) is 2.94. The fourth-order valence-corrected chi connectivity index (χ4v) is 4.51. The van der Waals surface area contributed by atoms with Gasteiger partial charge in [0.15, 0.2) is 0 Å². The number of anilines is 1. The minimum Gasteiger partial charge on any atom is -0.496 e. The number of aromatic nitrogens is 1. The van der Waals surface area contributed by atoms with Gasteiger partial charge in [-0.05, 0) is 43.3 Å². The molecular weight excluding hydrogens is 573 g/mol. The number of ether oxygens (including phenoxy) is 2. The van der Waals surface area contributed by atoms with Crippen molar-refractivity contribution in [3.63, 3.8) is 0 Å². The Balaban J connectivity index is 0.00000441. The van der Waals surface area contributed by atoms with Gasteiger partial charge in [-0.25, -0.2) is 4.98 Å². The van der Waals surface area contributed by atoms with Crippen LogP contribution >= 0.6 is 35.6 Å². The molecule has 0 aliphatic rings. The molecule has 0 saturated heterocycles. The number of methoxy groups -OCH3 is 1. The number of fused-ring (bicyclic) bond motifs is 1. The molecule has 1 N–H and O–H groups in total. The van der Waals surface area contributed by atoms with Gasteiger partial charge in [0.2, 0.25) is 11.8 Å². The van der Waals surface area contributed by atoms with Crippen LogP contribution in [0, 0.1) is 6.92 Å². The fraction of sp³-hybridized carbons (Fsp3) is 0.167. The van der Waals surface area contributed by atoms with Crippen LogP contribution in [-0.4, -0.2) is 37.5 Å². The maximum Gasteiger partial charge on any atom is 0.246 e. The van der Waals surface area contributed by atoms with Crippen LogP contribution in [0.2, 0.25) is 10.0 Å². The summed E-state index contributed by atoms with van der Waals surface area (Å²) in [5, 5.41) is 4.24. The van der Waals surface area contributed by atoms with E-state index in [-0.39, 0.29) is 36.5 Å². The van der Waals surface area contributed by atoms with Crippen molar-refractivity contribution in [1.29, 1.82) is 0 Å². The second-order valence-corrected chi connectivity index (χ2v) is 9.46. The molecule has 4 aromatic rings. The van der Waals surface area contributed by atoms with Gasteiger partial charge < -0.3 is 19.7 Å². The predicted molar refractivity (Wildman–Crippen MR) is 163 cm³/mol. The van der Waals surface area contributed by atoms with Gasteiger partial charge in [-0.15, -0.1) is 12.4 Å². The van der Waals surface area contributed by atoms with Crippen LogP contribution in [0.4, 0.5) is 5.69 Å². The highest BCUT2D eigenvalue weighted by Gasteiger charge is 2.19. The largest absolute Gasteiger partial charge is 0.496 e. The standard InChI is InChI=1S/C30H27Cl2N3O4.ClH/c1-19-11-12-21-8-6-10-26(30(21)34-19)39-18-22-23(31)14-15-24(29(22)32)35(2)28(37)17-33-27(36)16-13-20-7-4-5-9-25(20)38-3;/h4-16H,17-18H2,1-3H3,(H,33,36);1H. The van der Waals surface area contributed by atoms with E-state index < -0.39 is 5.91 Å². The first-order valence-corrected chi connectivity index (χ1v) is 12.9. The van der Waals surface area contributed by atoms with Gasteiger partial charge in [0.25, 0.3) is 0 Å². The van der Waals surface area contributed by atoms with E-state index in [1.54, 1.807) is 38.4 Å². The van der Waals surface area contributed by atoms with Gasteiger partial charge >= 0.3 is 0 Å². The number of likely N-dealkylation sites (N-methyl/N-ethyl adjacent to an activating group) is 1. The first-order valence-electron chi connectivity index (χ1n) is 12.1. The van der Waals surface area contributed by atoms with E-state index in [0.717, 1.165) is 22.2 Å². The van der Waals surface area contributed by atoms with E-state index in [1.165, 1.54) is 11.0 Å². The van der Waals surface area contributed by atoms with Gasteiger partial charge in [0.05, 0.1) is 24.4 Å². The highest BCUT2D eigenvalue weighted by molar-refractivity contribution is 6.38. The predicted octanol–water partition coefficient (Wildman–Crippen LogP) is 6.65. The number of carbonyl (C=O) groups is 2. The number of pyridine rings is 1. The van der Waals surface area contributed by atoms with E-state index in [0.29, 0.717) is 27.8 Å². The van der Waals surface area contributed by atoms with E-state index in [4.69, 9.17) is 32.7 Å². The lowest BCUT2D eigenvalue weighted by Gasteiger charge is -2.21. The van der Waals surface area contributed by atoms with Gasteiger partial charge in [-0.1, -0.05) is 59.6 Å². The average molecular weight is 601 g/mol. The summed E-state index contributed by atoms with van der Waals surface area (Å²) in [5.74, 6) is 0.458. The van der Waals surface area contributed by atoms with Gasteiger partial charge in [-0.3, -0.25) is 9.59 Å². The van der Waals surface area contributed by atoms with Crippen molar-refractivity contribution in [2.24, 2.45) is 0 Å². The number of carbonyl (C=O) groups excluding carboxylic acids is 2. The Kier molecular flexibility index (Phi) is 10.8. The summed E-state index contributed by atoms with van der Waals surface area (Å²) >= 11 is 13.1. The topological polar surface area (TPSA) is 80.8 Å². The summed E-state index contributed by atoms with van der Waals surface area (Å²) < 4.78 is 11.3. The molecule has 0 aliphatic carbocycles. The highest BCUT2D eigenvalue weighted by Crippen LogP contribution is 2.35. The SMILES string of the molecule is COc1ccccc1C=CC(=O)NCC(=O)N(C)c1ccc(Cl)c(COc2cccc3ccc(C)nc23)c1Cl.Cl. The number of halogens is 3. The lowest BCUT2D eigenvalue weighted by molar-refractivity contribution is -0.122. The van der Waals surface area contributed by atoms with Crippen LogP contribution in [-0.2, 0) is 16.2 Å². The third-order valence-corrected chi connectivity index (χ3v) is 6.84. The van der Waals surface area contributed by atoms with Crippen LogP contribution in [0.5, 0.6) is 11.5 Å². The molecule has 1 aromatic heterocycles. The smallest absolute Gasteiger partial charge is 0.246 e. The van der Waals surface area contributed by atoms with Crippen LogP contribution in [0.25, 0.3) is 17.0 Å². The third kappa shape index (κ3) is 7.24. The quantitative estimate of drug-likeness (QED) is 0.218. The van der Waals surface area contributed by atoms with Gasteiger partial charge in [0.1, 0.15) is 23.6 Å². The maximum atomic E-state index is 12.9. The van der Waals surface area contributed by atoms with Gasteiger partial charge in [-0.2, -0.15) is 0 Å². The van der Waals surface area contributed by atoms with E-state index >= 15 is 0 Å². The molecule has 3 aromatic carbocycles. The summed E-state index contributed by atoms with van der Waals surface area (Å²) in [4.78, 5) is 31.1. The first-order chi connectivity index (χ1) is 18.8. The number of nitrogens with one attached hydrogen (secondary N) is 1. The second kappa shape index (κ2) is 14.0. The van der Waals surface area contributed by atoms with Crippen molar-refractivity contribution in [2.75, 3.05) is 25.6 Å². The Morgan fingerprint density at radius 1 is 1.00 bits per heavy atom. The van der Waals surface area contributed by atoms with Crippen LogP contribution in [0.3, 0.4) is 0 Å². The summed E-state index contributed by atoms with van der Waals surface area (Å²) in [6.45, 7) is 1.77. The number of benzene rings is 3. The zero-order valence-corrected chi connectivity index (χ0v) is 24.4. The second-order valence-electron chi connectivity index (χ2n) is 8.67. The molecule has 0 aliphatic heterocycles. The number of hydrogen-bond donors (Lipinski definition) is 1. The molecule has 0 saturated carbocycles. The van der Waals surface area contributed by atoms with E-state index in [1.807, 2.05) is 55.5 Å². The van der Waals surface area contributed by atoms with Crippen molar-refractivity contribution < 1.29 is 19.1 Å². The molecule has 208 valence electrons. The number of nitrogens with zero attached hydrogens (tertiary/aromatic N) is 2. The lowest BCUT2D eigenvalue weighted by atomic mass is 10.1. The Morgan fingerprint density at radius 2 is 1.75 bits per heavy atom. The normalized spacial score (nSPS) is 10.7. The summed E-state index contributed by atoms with van der Waals surface area (Å²) in [5.41, 5.74) is 3.33. The Bertz CT molecular complexity index is 1560.